The summed E-state index contributed by atoms with van der Waals surface area (Å²) in [4.78, 5) is 4.30. The average Bonchev–Trinajstić information content (AvgIpc) is 2.77. The van der Waals surface area contributed by atoms with Crippen molar-refractivity contribution < 1.29 is 4.74 Å². The molecule has 0 aliphatic rings. The number of ether oxygens (including phenoxy) is 1. The van der Waals surface area contributed by atoms with Crippen LogP contribution in [-0.2, 0) is 11.3 Å². The molecule has 0 spiro atoms. The highest BCUT2D eigenvalue weighted by molar-refractivity contribution is 5.01. The molecule has 1 aromatic rings. The lowest BCUT2D eigenvalue weighted by Crippen LogP contribution is -2.25. The molecule has 1 rings (SSSR count). The van der Waals surface area contributed by atoms with E-state index in [1.54, 1.807) is 0 Å². The second kappa shape index (κ2) is 8.33. The van der Waals surface area contributed by atoms with Gasteiger partial charge in [-0.3, -0.25) is 0 Å². The Balaban J connectivity index is 2.66. The molecule has 1 unspecified atom stereocenters. The van der Waals surface area contributed by atoms with E-state index in [0.717, 1.165) is 26.3 Å². The SMILES string of the molecule is CCOCC(C(C)C)n1cncc1CNCC(C)C. The van der Waals surface area contributed by atoms with Gasteiger partial charge in [-0.25, -0.2) is 4.98 Å². The van der Waals surface area contributed by atoms with Crippen LogP contribution in [0.3, 0.4) is 0 Å². The third-order valence-electron chi connectivity index (χ3n) is 3.22. The van der Waals surface area contributed by atoms with Crippen molar-refractivity contribution in [1.29, 1.82) is 0 Å². The molecule has 0 saturated carbocycles. The zero-order valence-electron chi connectivity index (χ0n) is 13.0. The van der Waals surface area contributed by atoms with Crippen LogP contribution < -0.4 is 5.32 Å². The van der Waals surface area contributed by atoms with Gasteiger partial charge in [0, 0.05) is 19.3 Å². The monoisotopic (exact) mass is 267 g/mol. The van der Waals surface area contributed by atoms with Crippen LogP contribution in [0.5, 0.6) is 0 Å². The van der Waals surface area contributed by atoms with Gasteiger partial charge in [-0.1, -0.05) is 27.7 Å². The largest absolute Gasteiger partial charge is 0.380 e. The molecule has 0 amide bonds. The van der Waals surface area contributed by atoms with E-state index in [1.807, 2.05) is 19.4 Å². The van der Waals surface area contributed by atoms with Gasteiger partial charge in [-0.2, -0.15) is 0 Å². The van der Waals surface area contributed by atoms with Crippen LogP contribution in [0, 0.1) is 11.8 Å². The maximum Gasteiger partial charge on any atom is 0.0952 e. The minimum atomic E-state index is 0.360. The van der Waals surface area contributed by atoms with Crippen LogP contribution in [0.1, 0.15) is 46.4 Å². The quantitative estimate of drug-likeness (QED) is 0.748. The summed E-state index contributed by atoms with van der Waals surface area (Å²) in [7, 11) is 0. The van der Waals surface area contributed by atoms with Crippen molar-refractivity contribution in [2.24, 2.45) is 11.8 Å². The number of nitrogens with zero attached hydrogens (tertiary/aromatic N) is 2. The second-order valence-electron chi connectivity index (χ2n) is 5.79. The smallest absolute Gasteiger partial charge is 0.0952 e. The van der Waals surface area contributed by atoms with Gasteiger partial charge in [0.2, 0.25) is 0 Å². The van der Waals surface area contributed by atoms with Crippen LogP contribution in [-0.4, -0.2) is 29.3 Å². The topological polar surface area (TPSA) is 39.1 Å². The standard InChI is InChI=1S/C15H29N3O/c1-6-19-10-15(13(4)5)18-11-17-9-14(18)8-16-7-12(2)3/h9,11-13,15-16H,6-8,10H2,1-5H3. The predicted octanol–water partition coefficient (Wildman–Crippen LogP) is 2.86. The van der Waals surface area contributed by atoms with Crippen LogP contribution in [0.15, 0.2) is 12.5 Å². The summed E-state index contributed by atoms with van der Waals surface area (Å²) >= 11 is 0. The Kier molecular flexibility index (Phi) is 7.10. The van der Waals surface area contributed by atoms with E-state index < -0.39 is 0 Å². The fourth-order valence-corrected chi connectivity index (χ4v) is 2.09. The molecule has 110 valence electrons. The fourth-order valence-electron chi connectivity index (χ4n) is 2.09. The Hall–Kier alpha value is -0.870. The molecule has 19 heavy (non-hydrogen) atoms. The minimum absolute atomic E-state index is 0.360. The van der Waals surface area contributed by atoms with E-state index >= 15 is 0 Å². The Morgan fingerprint density at radius 3 is 2.63 bits per heavy atom. The van der Waals surface area contributed by atoms with E-state index in [9.17, 15) is 0 Å². The summed E-state index contributed by atoms with van der Waals surface area (Å²) in [6, 6.07) is 0.360. The molecule has 1 aromatic heterocycles. The van der Waals surface area contributed by atoms with Gasteiger partial charge in [-0.15, -0.1) is 0 Å². The number of hydrogen-bond acceptors (Lipinski definition) is 3. The lowest BCUT2D eigenvalue weighted by Gasteiger charge is -2.24. The first-order valence-electron chi connectivity index (χ1n) is 7.35. The maximum absolute atomic E-state index is 5.61. The van der Waals surface area contributed by atoms with Gasteiger partial charge in [0.1, 0.15) is 0 Å². The van der Waals surface area contributed by atoms with Crippen molar-refractivity contribution in [1.82, 2.24) is 14.9 Å². The molecule has 0 aliphatic carbocycles. The highest BCUT2D eigenvalue weighted by atomic mass is 16.5. The van der Waals surface area contributed by atoms with Crippen molar-refractivity contribution in [3.05, 3.63) is 18.2 Å². The van der Waals surface area contributed by atoms with Crippen LogP contribution in [0.4, 0.5) is 0 Å². The summed E-state index contributed by atoms with van der Waals surface area (Å²) < 4.78 is 7.87. The Morgan fingerprint density at radius 2 is 2.05 bits per heavy atom. The van der Waals surface area contributed by atoms with E-state index in [0.29, 0.717) is 17.9 Å². The molecule has 0 aromatic carbocycles. The molecule has 1 N–H and O–H groups in total. The normalized spacial score (nSPS) is 13.4. The maximum atomic E-state index is 5.61. The molecule has 4 nitrogen and oxygen atoms in total. The van der Waals surface area contributed by atoms with Gasteiger partial charge < -0.3 is 14.6 Å². The molecule has 0 bridgehead atoms. The summed E-state index contributed by atoms with van der Waals surface area (Å²) in [5.74, 6) is 1.20. The van der Waals surface area contributed by atoms with Gasteiger partial charge in [0.15, 0.2) is 0 Å². The van der Waals surface area contributed by atoms with E-state index in [-0.39, 0.29) is 0 Å². The average molecular weight is 267 g/mol. The molecule has 0 radical (unpaired) electrons. The zero-order chi connectivity index (χ0) is 14.3. The number of aromatic nitrogens is 2. The summed E-state index contributed by atoms with van der Waals surface area (Å²) in [6.45, 7) is 14.4. The number of imidazole rings is 1. The van der Waals surface area contributed by atoms with E-state index in [1.165, 1.54) is 5.69 Å². The van der Waals surface area contributed by atoms with Crippen molar-refractivity contribution >= 4 is 0 Å². The molecule has 1 heterocycles. The molecule has 1 atom stereocenters. The van der Waals surface area contributed by atoms with E-state index in [4.69, 9.17) is 4.74 Å². The van der Waals surface area contributed by atoms with Gasteiger partial charge in [0.25, 0.3) is 0 Å². The Morgan fingerprint density at radius 1 is 1.32 bits per heavy atom. The highest BCUT2D eigenvalue weighted by Gasteiger charge is 2.18. The van der Waals surface area contributed by atoms with Crippen molar-refractivity contribution in [3.63, 3.8) is 0 Å². The second-order valence-corrected chi connectivity index (χ2v) is 5.79. The lowest BCUT2D eigenvalue weighted by atomic mass is 10.0. The van der Waals surface area contributed by atoms with Gasteiger partial charge >= 0.3 is 0 Å². The van der Waals surface area contributed by atoms with Crippen molar-refractivity contribution in [2.75, 3.05) is 19.8 Å². The van der Waals surface area contributed by atoms with Crippen LogP contribution in [0.2, 0.25) is 0 Å². The third kappa shape index (κ3) is 5.33. The third-order valence-corrected chi connectivity index (χ3v) is 3.22. The first kappa shape index (κ1) is 16.2. The fraction of sp³-hybridized carbons (Fsp3) is 0.800. The number of hydrogen-bond donors (Lipinski definition) is 1. The zero-order valence-corrected chi connectivity index (χ0v) is 13.0. The van der Waals surface area contributed by atoms with Crippen LogP contribution >= 0.6 is 0 Å². The Bertz CT molecular complexity index is 347. The summed E-state index contributed by atoms with van der Waals surface area (Å²) in [5, 5.41) is 3.48. The summed E-state index contributed by atoms with van der Waals surface area (Å²) in [6.07, 6.45) is 3.88. The summed E-state index contributed by atoms with van der Waals surface area (Å²) in [5.41, 5.74) is 1.24. The first-order chi connectivity index (χ1) is 9.06. The first-order valence-corrected chi connectivity index (χ1v) is 7.35. The van der Waals surface area contributed by atoms with Crippen LogP contribution in [0.25, 0.3) is 0 Å². The lowest BCUT2D eigenvalue weighted by molar-refractivity contribution is 0.0952. The van der Waals surface area contributed by atoms with Gasteiger partial charge in [0.05, 0.1) is 24.7 Å². The van der Waals surface area contributed by atoms with Crippen molar-refractivity contribution in [3.8, 4) is 0 Å². The number of rotatable bonds is 9. The Labute approximate surface area is 117 Å². The molecule has 0 aliphatic heterocycles. The highest BCUT2D eigenvalue weighted by Crippen LogP contribution is 2.20. The molecular weight excluding hydrogens is 238 g/mol. The molecule has 0 saturated heterocycles. The minimum Gasteiger partial charge on any atom is -0.380 e. The van der Waals surface area contributed by atoms with Crippen molar-refractivity contribution in [2.45, 2.75) is 47.2 Å². The molecular formula is C15H29N3O. The van der Waals surface area contributed by atoms with E-state index in [2.05, 4.69) is 42.6 Å². The number of nitrogens with one attached hydrogen (secondary N) is 1. The predicted molar refractivity (Wildman–Crippen MR) is 79.1 cm³/mol. The molecule has 4 heteroatoms. The molecule has 0 fully saturated rings. The van der Waals surface area contributed by atoms with Gasteiger partial charge in [-0.05, 0) is 25.3 Å².